The first-order valence-electron chi connectivity index (χ1n) is 6.41. The Morgan fingerprint density at radius 2 is 1.71 bits per heavy atom. The minimum atomic E-state index is -0.383. The SMILES string of the molecule is CC(C)OC(=O)C(C)SC(=O)C1CCCCC1. The molecule has 17 heavy (non-hydrogen) atoms. The highest BCUT2D eigenvalue weighted by atomic mass is 32.2. The molecule has 1 aliphatic rings. The first-order valence-corrected chi connectivity index (χ1v) is 7.29. The van der Waals surface area contributed by atoms with Gasteiger partial charge < -0.3 is 4.74 Å². The van der Waals surface area contributed by atoms with Crippen molar-refractivity contribution in [3.8, 4) is 0 Å². The van der Waals surface area contributed by atoms with Gasteiger partial charge in [0.25, 0.3) is 0 Å². The van der Waals surface area contributed by atoms with Crippen LogP contribution in [0.5, 0.6) is 0 Å². The third-order valence-corrected chi connectivity index (χ3v) is 4.03. The van der Waals surface area contributed by atoms with Gasteiger partial charge in [-0.3, -0.25) is 9.59 Å². The van der Waals surface area contributed by atoms with Gasteiger partial charge in [0.1, 0.15) is 5.25 Å². The molecule has 0 spiro atoms. The highest BCUT2D eigenvalue weighted by Gasteiger charge is 2.26. The molecule has 4 heteroatoms. The van der Waals surface area contributed by atoms with Crippen LogP contribution in [0.4, 0.5) is 0 Å². The quantitative estimate of drug-likeness (QED) is 0.726. The average Bonchev–Trinajstić information content (AvgIpc) is 2.29. The van der Waals surface area contributed by atoms with E-state index in [0.29, 0.717) is 0 Å². The minimum Gasteiger partial charge on any atom is -0.462 e. The summed E-state index contributed by atoms with van der Waals surface area (Å²) in [4.78, 5) is 23.5. The summed E-state index contributed by atoms with van der Waals surface area (Å²) in [5, 5.41) is -0.218. The van der Waals surface area contributed by atoms with Crippen molar-refractivity contribution in [2.24, 2.45) is 5.92 Å². The first-order chi connectivity index (χ1) is 8.00. The largest absolute Gasteiger partial charge is 0.462 e. The fourth-order valence-corrected chi connectivity index (χ4v) is 2.91. The van der Waals surface area contributed by atoms with E-state index in [2.05, 4.69) is 0 Å². The van der Waals surface area contributed by atoms with Gasteiger partial charge in [-0.25, -0.2) is 0 Å². The van der Waals surface area contributed by atoms with Crippen molar-refractivity contribution < 1.29 is 14.3 Å². The molecule has 0 N–H and O–H groups in total. The Morgan fingerprint density at radius 1 is 1.12 bits per heavy atom. The second-order valence-corrected chi connectivity index (χ2v) is 6.24. The molecule has 1 aliphatic carbocycles. The standard InChI is InChI=1S/C13H22O3S/c1-9(2)16-12(14)10(3)17-13(15)11-7-5-4-6-8-11/h9-11H,4-8H2,1-3H3. The zero-order valence-electron chi connectivity index (χ0n) is 10.9. The van der Waals surface area contributed by atoms with Crippen LogP contribution in [-0.4, -0.2) is 22.4 Å². The smallest absolute Gasteiger partial charge is 0.319 e. The van der Waals surface area contributed by atoms with E-state index < -0.39 is 0 Å². The van der Waals surface area contributed by atoms with Crippen molar-refractivity contribution in [2.45, 2.75) is 64.2 Å². The Labute approximate surface area is 108 Å². The highest BCUT2D eigenvalue weighted by Crippen LogP contribution is 2.29. The topological polar surface area (TPSA) is 43.4 Å². The van der Waals surface area contributed by atoms with E-state index in [1.165, 1.54) is 6.42 Å². The molecule has 0 aromatic rings. The van der Waals surface area contributed by atoms with Crippen LogP contribution in [0.25, 0.3) is 0 Å². The van der Waals surface area contributed by atoms with Crippen LogP contribution in [0.2, 0.25) is 0 Å². The maximum atomic E-state index is 12.0. The van der Waals surface area contributed by atoms with Gasteiger partial charge in [0.05, 0.1) is 6.10 Å². The molecule has 1 unspecified atom stereocenters. The van der Waals surface area contributed by atoms with Crippen LogP contribution < -0.4 is 0 Å². The molecule has 0 radical (unpaired) electrons. The summed E-state index contributed by atoms with van der Waals surface area (Å²) in [7, 11) is 0. The Hall–Kier alpha value is -0.510. The van der Waals surface area contributed by atoms with Crippen molar-refractivity contribution in [3.63, 3.8) is 0 Å². The van der Waals surface area contributed by atoms with Gasteiger partial charge in [0.2, 0.25) is 0 Å². The van der Waals surface area contributed by atoms with Crippen LogP contribution >= 0.6 is 11.8 Å². The van der Waals surface area contributed by atoms with Crippen molar-refractivity contribution in [1.82, 2.24) is 0 Å². The van der Waals surface area contributed by atoms with Crippen LogP contribution in [-0.2, 0) is 14.3 Å². The number of hydrogen-bond donors (Lipinski definition) is 0. The molecule has 0 aromatic heterocycles. The normalized spacial score (nSPS) is 19.1. The molecule has 0 saturated heterocycles. The molecular weight excluding hydrogens is 236 g/mol. The Balaban J connectivity index is 2.36. The molecule has 0 bridgehead atoms. The van der Waals surface area contributed by atoms with Gasteiger partial charge in [-0.15, -0.1) is 0 Å². The van der Waals surface area contributed by atoms with Gasteiger partial charge in [0, 0.05) is 5.92 Å². The van der Waals surface area contributed by atoms with Gasteiger partial charge >= 0.3 is 5.97 Å². The van der Waals surface area contributed by atoms with Gasteiger partial charge in [-0.2, -0.15) is 0 Å². The molecule has 3 nitrogen and oxygen atoms in total. The number of thioether (sulfide) groups is 1. The maximum absolute atomic E-state index is 12.0. The molecule has 98 valence electrons. The summed E-state index contributed by atoms with van der Waals surface area (Å²) in [6.07, 6.45) is 5.37. The third-order valence-electron chi connectivity index (χ3n) is 2.92. The monoisotopic (exact) mass is 258 g/mol. The summed E-state index contributed by atoms with van der Waals surface area (Å²) < 4.78 is 5.09. The second-order valence-electron chi connectivity index (χ2n) is 4.90. The fourth-order valence-electron chi connectivity index (χ4n) is 1.98. The lowest BCUT2D eigenvalue weighted by molar-refractivity contribution is -0.146. The molecule has 1 fully saturated rings. The molecule has 1 atom stereocenters. The van der Waals surface area contributed by atoms with E-state index in [-0.39, 0.29) is 28.4 Å². The third kappa shape index (κ3) is 5.11. The zero-order valence-corrected chi connectivity index (χ0v) is 11.7. The summed E-state index contributed by atoms with van der Waals surface area (Å²) in [5.41, 5.74) is 0. The Morgan fingerprint density at radius 3 is 2.24 bits per heavy atom. The summed E-state index contributed by atoms with van der Waals surface area (Å²) in [6, 6.07) is 0. The number of esters is 1. The van der Waals surface area contributed by atoms with E-state index in [1.807, 2.05) is 13.8 Å². The van der Waals surface area contributed by atoms with Crippen molar-refractivity contribution in [3.05, 3.63) is 0 Å². The lowest BCUT2D eigenvalue weighted by Crippen LogP contribution is -2.24. The molecule has 1 saturated carbocycles. The Bertz CT molecular complexity index is 270. The molecule has 0 aromatic carbocycles. The molecular formula is C13H22O3S. The average molecular weight is 258 g/mol. The highest BCUT2D eigenvalue weighted by molar-refractivity contribution is 8.14. The molecule has 1 rings (SSSR count). The Kier molecular flexibility index (Phi) is 6.03. The molecule has 0 heterocycles. The number of rotatable bonds is 4. The van der Waals surface area contributed by atoms with Gasteiger partial charge in [-0.05, 0) is 33.6 Å². The van der Waals surface area contributed by atoms with Gasteiger partial charge in [-0.1, -0.05) is 31.0 Å². The number of carbonyl (C=O) groups is 2. The van der Waals surface area contributed by atoms with Crippen molar-refractivity contribution >= 4 is 22.8 Å². The van der Waals surface area contributed by atoms with Gasteiger partial charge in [0.15, 0.2) is 5.12 Å². The molecule has 0 amide bonds. The van der Waals surface area contributed by atoms with Crippen LogP contribution in [0.15, 0.2) is 0 Å². The lowest BCUT2D eigenvalue weighted by atomic mass is 9.90. The van der Waals surface area contributed by atoms with Crippen LogP contribution in [0, 0.1) is 5.92 Å². The van der Waals surface area contributed by atoms with Crippen molar-refractivity contribution in [1.29, 1.82) is 0 Å². The fraction of sp³-hybridized carbons (Fsp3) is 0.846. The number of carbonyl (C=O) groups excluding carboxylic acids is 2. The summed E-state index contributed by atoms with van der Waals surface area (Å²) in [5.74, 6) is -0.128. The van der Waals surface area contributed by atoms with Crippen LogP contribution in [0.1, 0.15) is 52.9 Å². The second kappa shape index (κ2) is 7.04. The van der Waals surface area contributed by atoms with Crippen molar-refractivity contribution in [2.75, 3.05) is 0 Å². The summed E-state index contributed by atoms with van der Waals surface area (Å²) in [6.45, 7) is 5.38. The van der Waals surface area contributed by atoms with E-state index in [0.717, 1.165) is 37.4 Å². The predicted octanol–water partition coefficient (Wildman–Crippen LogP) is 3.17. The van der Waals surface area contributed by atoms with E-state index in [9.17, 15) is 9.59 Å². The lowest BCUT2D eigenvalue weighted by Gasteiger charge is -2.21. The number of hydrogen-bond acceptors (Lipinski definition) is 4. The maximum Gasteiger partial charge on any atom is 0.319 e. The minimum absolute atomic E-state index is 0.115. The van der Waals surface area contributed by atoms with Crippen LogP contribution in [0.3, 0.4) is 0 Å². The predicted molar refractivity (Wildman–Crippen MR) is 69.9 cm³/mol. The summed E-state index contributed by atoms with van der Waals surface area (Å²) >= 11 is 1.14. The first kappa shape index (κ1) is 14.6. The zero-order chi connectivity index (χ0) is 12.8. The molecule has 0 aliphatic heterocycles. The number of ether oxygens (including phenoxy) is 1. The van der Waals surface area contributed by atoms with E-state index in [4.69, 9.17) is 4.74 Å². The van der Waals surface area contributed by atoms with E-state index >= 15 is 0 Å². The van der Waals surface area contributed by atoms with E-state index in [1.54, 1.807) is 6.92 Å².